The number of aromatic nitrogens is 2. The highest BCUT2D eigenvalue weighted by Crippen LogP contribution is 2.10. The Bertz CT molecular complexity index is 500. The van der Waals surface area contributed by atoms with Gasteiger partial charge in [-0.3, -0.25) is 14.6 Å². The minimum Gasteiger partial charge on any atom is -0.348 e. The molecule has 1 aromatic heterocycles. The highest BCUT2D eigenvalue weighted by molar-refractivity contribution is 5.77. The van der Waals surface area contributed by atoms with E-state index in [9.17, 15) is 4.79 Å². The molecule has 0 spiro atoms. The van der Waals surface area contributed by atoms with Crippen LogP contribution in [0.25, 0.3) is 0 Å². The van der Waals surface area contributed by atoms with E-state index in [1.54, 1.807) is 19.0 Å². The Morgan fingerprint density at radius 1 is 1.22 bits per heavy atom. The molecule has 0 saturated carbocycles. The van der Waals surface area contributed by atoms with Crippen molar-refractivity contribution in [3.05, 3.63) is 11.7 Å². The van der Waals surface area contributed by atoms with E-state index < -0.39 is 0 Å². The van der Waals surface area contributed by atoms with Crippen LogP contribution in [0, 0.1) is 5.92 Å². The van der Waals surface area contributed by atoms with Crippen LogP contribution in [0.5, 0.6) is 0 Å². The molecule has 1 aliphatic heterocycles. The molecule has 2 heterocycles. The van der Waals surface area contributed by atoms with Crippen LogP contribution in [-0.2, 0) is 17.8 Å². The van der Waals surface area contributed by atoms with Crippen molar-refractivity contribution in [3.8, 4) is 0 Å². The minimum atomic E-state index is 0.161. The van der Waals surface area contributed by atoms with Crippen molar-refractivity contribution in [2.45, 2.75) is 33.2 Å². The first kappa shape index (κ1) is 17.9. The Hall–Kier alpha value is -1.47. The third-order valence-electron chi connectivity index (χ3n) is 4.00. The van der Waals surface area contributed by atoms with E-state index in [2.05, 4.69) is 33.8 Å². The summed E-state index contributed by atoms with van der Waals surface area (Å²) in [5, 5.41) is 4.05. The Morgan fingerprint density at radius 2 is 1.91 bits per heavy atom. The SMILES string of the molecule is CC(C)Cc1noc(CN2CCCN(CC(=O)N(C)C)CC2)n1. The number of amides is 1. The van der Waals surface area contributed by atoms with Gasteiger partial charge in [0, 0.05) is 33.6 Å². The highest BCUT2D eigenvalue weighted by Gasteiger charge is 2.19. The van der Waals surface area contributed by atoms with Gasteiger partial charge in [-0.2, -0.15) is 4.98 Å². The van der Waals surface area contributed by atoms with Gasteiger partial charge in [-0.1, -0.05) is 19.0 Å². The Kier molecular flexibility index (Phi) is 6.53. The third-order valence-corrected chi connectivity index (χ3v) is 4.00. The highest BCUT2D eigenvalue weighted by atomic mass is 16.5. The molecule has 0 atom stereocenters. The maximum Gasteiger partial charge on any atom is 0.240 e. The standard InChI is InChI=1S/C16H29N5O2/c1-13(2)10-14-17-15(23-18-14)11-20-6-5-7-21(9-8-20)12-16(22)19(3)4/h13H,5-12H2,1-4H3. The number of hydrogen-bond acceptors (Lipinski definition) is 6. The zero-order valence-corrected chi connectivity index (χ0v) is 14.8. The van der Waals surface area contributed by atoms with Crippen molar-refractivity contribution in [3.63, 3.8) is 0 Å². The van der Waals surface area contributed by atoms with Crippen molar-refractivity contribution < 1.29 is 9.32 Å². The molecule has 1 fully saturated rings. The molecule has 7 heteroatoms. The zero-order valence-electron chi connectivity index (χ0n) is 14.8. The Labute approximate surface area is 138 Å². The van der Waals surface area contributed by atoms with E-state index in [1.165, 1.54) is 0 Å². The van der Waals surface area contributed by atoms with Gasteiger partial charge in [0.25, 0.3) is 0 Å². The Morgan fingerprint density at radius 3 is 2.61 bits per heavy atom. The number of likely N-dealkylation sites (N-methyl/N-ethyl adjacent to an activating group) is 1. The maximum atomic E-state index is 11.8. The molecule has 1 amide bonds. The summed E-state index contributed by atoms with van der Waals surface area (Å²) >= 11 is 0. The van der Waals surface area contributed by atoms with Gasteiger partial charge in [-0.05, 0) is 25.4 Å². The van der Waals surface area contributed by atoms with Crippen LogP contribution in [0.15, 0.2) is 4.52 Å². The summed E-state index contributed by atoms with van der Waals surface area (Å²) < 4.78 is 5.35. The number of rotatable bonds is 6. The molecule has 23 heavy (non-hydrogen) atoms. The molecular weight excluding hydrogens is 294 g/mol. The van der Waals surface area contributed by atoms with Crippen molar-refractivity contribution in [1.82, 2.24) is 24.8 Å². The van der Waals surface area contributed by atoms with Crippen LogP contribution in [-0.4, -0.2) is 77.6 Å². The molecule has 0 radical (unpaired) electrons. The molecule has 1 aromatic rings. The lowest BCUT2D eigenvalue weighted by Crippen LogP contribution is -2.38. The second-order valence-corrected chi connectivity index (χ2v) is 6.90. The predicted octanol–water partition coefficient (Wildman–Crippen LogP) is 0.864. The number of hydrogen-bond donors (Lipinski definition) is 0. The monoisotopic (exact) mass is 323 g/mol. The van der Waals surface area contributed by atoms with Crippen LogP contribution >= 0.6 is 0 Å². The fourth-order valence-corrected chi connectivity index (χ4v) is 2.67. The third kappa shape index (κ3) is 5.91. The van der Waals surface area contributed by atoms with Crippen LogP contribution in [0.4, 0.5) is 0 Å². The summed E-state index contributed by atoms with van der Waals surface area (Å²) in [7, 11) is 3.60. The fraction of sp³-hybridized carbons (Fsp3) is 0.812. The van der Waals surface area contributed by atoms with Gasteiger partial charge >= 0.3 is 0 Å². The van der Waals surface area contributed by atoms with E-state index in [4.69, 9.17) is 4.52 Å². The summed E-state index contributed by atoms with van der Waals surface area (Å²) in [4.78, 5) is 22.5. The first-order valence-corrected chi connectivity index (χ1v) is 8.40. The average molecular weight is 323 g/mol. The number of carbonyl (C=O) groups excluding carboxylic acids is 1. The lowest BCUT2D eigenvalue weighted by Gasteiger charge is -2.22. The van der Waals surface area contributed by atoms with Gasteiger partial charge in [-0.15, -0.1) is 0 Å². The molecule has 1 saturated heterocycles. The predicted molar refractivity (Wildman–Crippen MR) is 87.9 cm³/mol. The molecule has 0 N–H and O–H groups in total. The first-order chi connectivity index (χ1) is 10.9. The van der Waals surface area contributed by atoms with E-state index in [0.29, 0.717) is 24.9 Å². The summed E-state index contributed by atoms with van der Waals surface area (Å²) in [5.41, 5.74) is 0. The molecule has 2 rings (SSSR count). The largest absolute Gasteiger partial charge is 0.348 e. The van der Waals surface area contributed by atoms with Crippen LogP contribution in [0.3, 0.4) is 0 Å². The molecule has 130 valence electrons. The van der Waals surface area contributed by atoms with Gasteiger partial charge < -0.3 is 9.42 Å². The quantitative estimate of drug-likeness (QED) is 0.774. The minimum absolute atomic E-state index is 0.161. The van der Waals surface area contributed by atoms with Crippen molar-refractivity contribution in [2.75, 3.05) is 46.8 Å². The van der Waals surface area contributed by atoms with Crippen LogP contribution in [0.2, 0.25) is 0 Å². The van der Waals surface area contributed by atoms with Crippen molar-refractivity contribution in [2.24, 2.45) is 5.92 Å². The van der Waals surface area contributed by atoms with Gasteiger partial charge in [0.05, 0.1) is 13.1 Å². The molecular formula is C16H29N5O2. The van der Waals surface area contributed by atoms with E-state index in [-0.39, 0.29) is 5.91 Å². The van der Waals surface area contributed by atoms with Gasteiger partial charge in [0.15, 0.2) is 5.82 Å². The second-order valence-electron chi connectivity index (χ2n) is 6.90. The number of nitrogens with zero attached hydrogens (tertiary/aromatic N) is 5. The summed E-state index contributed by atoms with van der Waals surface area (Å²) in [5.74, 6) is 2.18. The zero-order chi connectivity index (χ0) is 16.8. The summed E-state index contributed by atoms with van der Waals surface area (Å²) in [6, 6.07) is 0. The fourth-order valence-electron chi connectivity index (χ4n) is 2.67. The lowest BCUT2D eigenvalue weighted by atomic mass is 10.1. The van der Waals surface area contributed by atoms with E-state index >= 15 is 0 Å². The normalized spacial score (nSPS) is 17.4. The lowest BCUT2D eigenvalue weighted by molar-refractivity contribution is -0.129. The van der Waals surface area contributed by atoms with Gasteiger partial charge in [-0.25, -0.2) is 0 Å². The molecule has 0 aromatic carbocycles. The van der Waals surface area contributed by atoms with E-state index in [1.807, 2.05) is 0 Å². The first-order valence-electron chi connectivity index (χ1n) is 8.40. The maximum absolute atomic E-state index is 11.8. The van der Waals surface area contributed by atoms with Crippen molar-refractivity contribution >= 4 is 5.91 Å². The second kappa shape index (κ2) is 8.40. The molecule has 7 nitrogen and oxygen atoms in total. The van der Waals surface area contributed by atoms with Crippen molar-refractivity contribution in [1.29, 1.82) is 0 Å². The number of carbonyl (C=O) groups is 1. The Balaban J connectivity index is 1.81. The van der Waals surface area contributed by atoms with Gasteiger partial charge in [0.1, 0.15) is 0 Å². The summed E-state index contributed by atoms with van der Waals surface area (Å²) in [6.45, 7) is 9.26. The van der Waals surface area contributed by atoms with Crippen LogP contribution in [0.1, 0.15) is 32.0 Å². The smallest absolute Gasteiger partial charge is 0.240 e. The van der Waals surface area contributed by atoms with Gasteiger partial charge in [0.2, 0.25) is 11.8 Å². The molecule has 0 aliphatic carbocycles. The average Bonchev–Trinajstić information content (AvgIpc) is 2.77. The topological polar surface area (TPSA) is 65.7 Å². The molecule has 1 aliphatic rings. The molecule has 0 bridgehead atoms. The summed E-state index contributed by atoms with van der Waals surface area (Å²) in [6.07, 6.45) is 1.90. The molecule has 0 unspecified atom stereocenters. The van der Waals surface area contributed by atoms with Crippen LogP contribution < -0.4 is 0 Å². The van der Waals surface area contributed by atoms with E-state index in [0.717, 1.165) is 44.8 Å².